The highest BCUT2D eigenvalue weighted by molar-refractivity contribution is 5.95. The molecule has 0 saturated heterocycles. The second kappa shape index (κ2) is 6.52. The Bertz CT molecular complexity index is 578. The highest BCUT2D eigenvalue weighted by atomic mass is 16.3. The molecule has 1 amide bonds. The molecule has 0 aromatic heterocycles. The van der Waals surface area contributed by atoms with Gasteiger partial charge in [-0.1, -0.05) is 30.3 Å². The number of hydrogen-bond acceptors (Lipinski definition) is 3. The quantitative estimate of drug-likeness (QED) is 0.869. The predicted molar refractivity (Wildman–Crippen MR) is 75.2 cm³/mol. The van der Waals surface area contributed by atoms with Gasteiger partial charge in [-0.3, -0.25) is 9.59 Å². The van der Waals surface area contributed by atoms with E-state index < -0.39 is 6.04 Å². The summed E-state index contributed by atoms with van der Waals surface area (Å²) in [6, 6.07) is 14.5. The largest absolute Gasteiger partial charge is 0.508 e. The number of phenolic OH excluding ortho intramolecular Hbond substituents is 1. The fraction of sp³-hybridized carbons (Fsp3) is 0.125. The minimum Gasteiger partial charge on any atom is -0.508 e. The van der Waals surface area contributed by atoms with Gasteiger partial charge in [-0.2, -0.15) is 0 Å². The van der Waals surface area contributed by atoms with Crippen molar-refractivity contribution in [2.24, 2.45) is 0 Å². The summed E-state index contributed by atoms with van der Waals surface area (Å²) in [6.07, 6.45) is 2.16. The van der Waals surface area contributed by atoms with Crippen molar-refractivity contribution in [2.45, 2.75) is 12.5 Å². The van der Waals surface area contributed by atoms with Crippen LogP contribution in [0.3, 0.4) is 0 Å². The SMILES string of the molecule is O=[C][C@H](Cc1ccc(O)cc1)NC(=O)c1ccccc1. The Balaban J connectivity index is 2.00. The fourth-order valence-corrected chi connectivity index (χ4v) is 1.82. The minimum atomic E-state index is -0.716. The molecular weight excluding hydrogens is 254 g/mol. The summed E-state index contributed by atoms with van der Waals surface area (Å²) < 4.78 is 0. The number of rotatable bonds is 5. The second-order valence-corrected chi connectivity index (χ2v) is 4.38. The van der Waals surface area contributed by atoms with E-state index in [0.29, 0.717) is 12.0 Å². The van der Waals surface area contributed by atoms with Crippen LogP contribution in [0.5, 0.6) is 5.75 Å². The van der Waals surface area contributed by atoms with Gasteiger partial charge in [0.15, 0.2) is 0 Å². The van der Waals surface area contributed by atoms with Crippen LogP contribution in [0.4, 0.5) is 0 Å². The topological polar surface area (TPSA) is 66.4 Å². The third kappa shape index (κ3) is 3.68. The zero-order chi connectivity index (χ0) is 14.4. The van der Waals surface area contributed by atoms with E-state index in [4.69, 9.17) is 0 Å². The van der Waals surface area contributed by atoms with Gasteiger partial charge in [0.2, 0.25) is 6.29 Å². The summed E-state index contributed by atoms with van der Waals surface area (Å²) in [5.74, 6) is -0.147. The molecule has 101 valence electrons. The molecule has 0 spiro atoms. The molecule has 0 fully saturated rings. The lowest BCUT2D eigenvalue weighted by Gasteiger charge is -2.12. The van der Waals surface area contributed by atoms with E-state index in [1.165, 1.54) is 12.1 Å². The summed E-state index contributed by atoms with van der Waals surface area (Å²) in [5, 5.41) is 11.8. The zero-order valence-corrected chi connectivity index (χ0v) is 10.7. The lowest BCUT2D eigenvalue weighted by molar-refractivity contribution is 0.0946. The third-order valence-electron chi connectivity index (χ3n) is 2.86. The van der Waals surface area contributed by atoms with Crippen LogP contribution < -0.4 is 5.32 Å². The van der Waals surface area contributed by atoms with Gasteiger partial charge in [-0.25, -0.2) is 0 Å². The van der Waals surface area contributed by atoms with Crippen LogP contribution in [0.2, 0.25) is 0 Å². The molecule has 0 unspecified atom stereocenters. The summed E-state index contributed by atoms with van der Waals surface area (Å²) >= 11 is 0. The summed E-state index contributed by atoms with van der Waals surface area (Å²) in [6.45, 7) is 0. The van der Waals surface area contributed by atoms with Crippen molar-refractivity contribution in [3.05, 3.63) is 65.7 Å². The van der Waals surface area contributed by atoms with Gasteiger partial charge in [0.05, 0.1) is 6.04 Å². The van der Waals surface area contributed by atoms with Crippen molar-refractivity contribution in [1.82, 2.24) is 5.32 Å². The second-order valence-electron chi connectivity index (χ2n) is 4.38. The highest BCUT2D eigenvalue weighted by Gasteiger charge is 2.14. The molecule has 0 aliphatic heterocycles. The smallest absolute Gasteiger partial charge is 0.251 e. The number of nitrogens with one attached hydrogen (secondary N) is 1. The molecule has 4 heteroatoms. The first kappa shape index (κ1) is 13.8. The van der Waals surface area contributed by atoms with Crippen LogP contribution in [0.1, 0.15) is 15.9 Å². The van der Waals surface area contributed by atoms with E-state index in [2.05, 4.69) is 5.32 Å². The normalized spacial score (nSPS) is 11.6. The van der Waals surface area contributed by atoms with Gasteiger partial charge in [0.1, 0.15) is 5.75 Å². The fourth-order valence-electron chi connectivity index (χ4n) is 1.82. The molecule has 2 rings (SSSR count). The van der Waals surface area contributed by atoms with Crippen LogP contribution in [0.15, 0.2) is 54.6 Å². The maximum absolute atomic E-state index is 11.9. The van der Waals surface area contributed by atoms with Crippen molar-refractivity contribution in [2.75, 3.05) is 0 Å². The maximum Gasteiger partial charge on any atom is 0.251 e. The van der Waals surface area contributed by atoms with E-state index in [0.717, 1.165) is 5.56 Å². The molecule has 0 aliphatic rings. The molecule has 4 nitrogen and oxygen atoms in total. The number of amides is 1. The Hall–Kier alpha value is -2.62. The number of benzene rings is 2. The Morgan fingerprint density at radius 1 is 1.10 bits per heavy atom. The number of aromatic hydroxyl groups is 1. The third-order valence-corrected chi connectivity index (χ3v) is 2.86. The molecule has 20 heavy (non-hydrogen) atoms. The molecule has 2 aromatic carbocycles. The van der Waals surface area contributed by atoms with E-state index in [-0.39, 0.29) is 11.7 Å². The van der Waals surface area contributed by atoms with Crippen LogP contribution in [0, 0.1) is 0 Å². The van der Waals surface area contributed by atoms with Gasteiger partial charge in [0, 0.05) is 12.0 Å². The Kier molecular flexibility index (Phi) is 4.50. The van der Waals surface area contributed by atoms with E-state index >= 15 is 0 Å². The van der Waals surface area contributed by atoms with Crippen molar-refractivity contribution in [1.29, 1.82) is 0 Å². The molecule has 0 saturated carbocycles. The number of carbonyl (C=O) groups is 1. The maximum atomic E-state index is 11.9. The molecule has 2 N–H and O–H groups in total. The Morgan fingerprint density at radius 2 is 1.75 bits per heavy atom. The van der Waals surface area contributed by atoms with Crippen LogP contribution in [-0.4, -0.2) is 23.3 Å². The molecule has 0 heterocycles. The lowest BCUT2D eigenvalue weighted by Crippen LogP contribution is -2.37. The molecule has 1 radical (unpaired) electrons. The van der Waals surface area contributed by atoms with Crippen LogP contribution in [0.25, 0.3) is 0 Å². The van der Waals surface area contributed by atoms with Crippen molar-refractivity contribution in [3.8, 4) is 5.75 Å². The molecule has 2 aromatic rings. The van der Waals surface area contributed by atoms with Gasteiger partial charge < -0.3 is 10.4 Å². The Labute approximate surface area is 117 Å². The molecule has 0 bridgehead atoms. The average Bonchev–Trinajstić information content (AvgIpc) is 2.49. The van der Waals surface area contributed by atoms with Gasteiger partial charge in [0.25, 0.3) is 5.91 Å². The van der Waals surface area contributed by atoms with Crippen molar-refractivity contribution < 1.29 is 14.7 Å². The Morgan fingerprint density at radius 3 is 2.35 bits per heavy atom. The summed E-state index contributed by atoms with van der Waals surface area (Å²) in [4.78, 5) is 22.9. The highest BCUT2D eigenvalue weighted by Crippen LogP contribution is 2.11. The van der Waals surface area contributed by atoms with E-state index in [9.17, 15) is 14.7 Å². The summed E-state index contributed by atoms with van der Waals surface area (Å²) in [7, 11) is 0. The molecular formula is C16H14NO3. The first-order valence-corrected chi connectivity index (χ1v) is 6.20. The number of hydrogen-bond donors (Lipinski definition) is 2. The van der Waals surface area contributed by atoms with Crippen molar-refractivity contribution >= 4 is 12.2 Å². The first-order valence-electron chi connectivity index (χ1n) is 6.20. The standard InChI is InChI=1S/C16H14NO3/c18-11-14(10-12-6-8-15(19)9-7-12)17-16(20)13-4-2-1-3-5-13/h1-9,14,19H,10H2,(H,17,20)/t14-/m0/s1. The van der Waals surface area contributed by atoms with E-state index in [1.54, 1.807) is 36.4 Å². The zero-order valence-electron chi connectivity index (χ0n) is 10.7. The van der Waals surface area contributed by atoms with Gasteiger partial charge >= 0.3 is 0 Å². The minimum absolute atomic E-state index is 0.161. The number of phenols is 1. The van der Waals surface area contributed by atoms with Gasteiger partial charge in [-0.05, 0) is 29.8 Å². The summed E-state index contributed by atoms with van der Waals surface area (Å²) in [5.41, 5.74) is 1.34. The average molecular weight is 268 g/mol. The van der Waals surface area contributed by atoms with Crippen LogP contribution >= 0.6 is 0 Å². The van der Waals surface area contributed by atoms with Crippen molar-refractivity contribution in [3.63, 3.8) is 0 Å². The van der Waals surface area contributed by atoms with E-state index in [1.807, 2.05) is 12.4 Å². The van der Waals surface area contributed by atoms with Crippen LogP contribution in [-0.2, 0) is 11.2 Å². The lowest BCUT2D eigenvalue weighted by atomic mass is 10.1. The molecule has 1 atom stereocenters. The monoisotopic (exact) mass is 268 g/mol. The first-order chi connectivity index (χ1) is 9.69. The number of carbonyl (C=O) groups excluding carboxylic acids is 2. The van der Waals surface area contributed by atoms with Gasteiger partial charge in [-0.15, -0.1) is 0 Å². The molecule has 0 aliphatic carbocycles. The predicted octanol–water partition coefficient (Wildman–Crippen LogP) is 1.84.